The first-order valence-electron chi connectivity index (χ1n) is 10.5. The zero-order valence-corrected chi connectivity index (χ0v) is 16.4. The van der Waals surface area contributed by atoms with E-state index in [0.29, 0.717) is 31.0 Å². The van der Waals surface area contributed by atoms with Gasteiger partial charge in [-0.1, -0.05) is 32.0 Å². The lowest BCUT2D eigenvalue weighted by Crippen LogP contribution is -2.49. The van der Waals surface area contributed by atoms with Gasteiger partial charge in [0.2, 0.25) is 11.8 Å². The molecule has 2 amide bonds. The second kappa shape index (κ2) is 7.63. The maximum atomic E-state index is 12.8. The summed E-state index contributed by atoms with van der Waals surface area (Å²) >= 11 is 0. The Balaban J connectivity index is 1.43. The van der Waals surface area contributed by atoms with Crippen LogP contribution in [0.4, 0.5) is 5.69 Å². The zero-order valence-electron chi connectivity index (χ0n) is 16.4. The molecule has 0 aromatic heterocycles. The summed E-state index contributed by atoms with van der Waals surface area (Å²) in [6.45, 7) is 4.85. The third-order valence-electron chi connectivity index (χ3n) is 6.69. The van der Waals surface area contributed by atoms with Gasteiger partial charge in [0.15, 0.2) is 0 Å². The van der Waals surface area contributed by atoms with Gasteiger partial charge >= 0.3 is 0 Å². The SMILES string of the molecule is CCC(C)c1ccccc1N1CC(C(=O)NC2CC3CCC(C2)N3)CC1=O. The van der Waals surface area contributed by atoms with E-state index in [0.717, 1.165) is 24.9 Å². The molecular weight excluding hydrogens is 338 g/mol. The standard InChI is InChI=1S/C22H31N3O2/c1-3-14(2)19-6-4-5-7-20(19)25-13-15(10-21(25)26)22(27)24-18-11-16-8-9-17(12-18)23-16/h4-7,14-18,23H,3,8-13H2,1-2H3,(H,24,27). The van der Waals surface area contributed by atoms with Crippen molar-refractivity contribution in [1.29, 1.82) is 0 Å². The maximum absolute atomic E-state index is 12.8. The molecule has 0 spiro atoms. The number of nitrogens with zero attached hydrogens (tertiary/aromatic N) is 1. The fraction of sp³-hybridized carbons (Fsp3) is 0.636. The van der Waals surface area contributed by atoms with Crippen LogP contribution in [0.3, 0.4) is 0 Å². The molecule has 2 N–H and O–H groups in total. The summed E-state index contributed by atoms with van der Waals surface area (Å²) in [6.07, 6.45) is 5.82. The topological polar surface area (TPSA) is 61.4 Å². The minimum atomic E-state index is -0.241. The molecular formula is C22H31N3O2. The molecule has 27 heavy (non-hydrogen) atoms. The van der Waals surface area contributed by atoms with Crippen LogP contribution in [0.15, 0.2) is 24.3 Å². The number of hydrogen-bond acceptors (Lipinski definition) is 3. The van der Waals surface area contributed by atoms with Gasteiger partial charge in [0, 0.05) is 36.8 Å². The highest BCUT2D eigenvalue weighted by molar-refractivity contribution is 6.01. The van der Waals surface area contributed by atoms with Gasteiger partial charge in [-0.05, 0) is 49.7 Å². The van der Waals surface area contributed by atoms with E-state index >= 15 is 0 Å². The van der Waals surface area contributed by atoms with Gasteiger partial charge in [-0.15, -0.1) is 0 Å². The second-order valence-electron chi connectivity index (χ2n) is 8.59. The molecule has 4 rings (SSSR count). The Labute approximate surface area is 161 Å². The number of benzene rings is 1. The van der Waals surface area contributed by atoms with Crippen LogP contribution in [0.1, 0.15) is 63.9 Å². The van der Waals surface area contributed by atoms with Crippen molar-refractivity contribution >= 4 is 17.5 Å². The van der Waals surface area contributed by atoms with Crippen LogP contribution < -0.4 is 15.5 Å². The Kier molecular flexibility index (Phi) is 5.22. The first-order chi connectivity index (χ1) is 13.0. The summed E-state index contributed by atoms with van der Waals surface area (Å²) in [6, 6.07) is 9.50. The third kappa shape index (κ3) is 3.75. The van der Waals surface area contributed by atoms with Gasteiger partial charge in [0.05, 0.1) is 5.92 Å². The van der Waals surface area contributed by atoms with Crippen molar-refractivity contribution in [3.05, 3.63) is 29.8 Å². The molecule has 2 bridgehead atoms. The van der Waals surface area contributed by atoms with Crippen LogP contribution in [0, 0.1) is 5.92 Å². The van der Waals surface area contributed by atoms with Crippen LogP contribution in [0.2, 0.25) is 0 Å². The highest BCUT2D eigenvalue weighted by atomic mass is 16.2. The summed E-state index contributed by atoms with van der Waals surface area (Å²) < 4.78 is 0. The second-order valence-corrected chi connectivity index (χ2v) is 8.59. The van der Waals surface area contributed by atoms with E-state index in [1.165, 1.54) is 18.4 Å². The van der Waals surface area contributed by atoms with E-state index in [2.05, 4.69) is 30.5 Å². The molecule has 5 nitrogen and oxygen atoms in total. The van der Waals surface area contributed by atoms with Crippen LogP contribution in [-0.2, 0) is 9.59 Å². The third-order valence-corrected chi connectivity index (χ3v) is 6.69. The van der Waals surface area contributed by atoms with Crippen LogP contribution in [-0.4, -0.2) is 36.5 Å². The van der Waals surface area contributed by atoms with Crippen molar-refractivity contribution < 1.29 is 9.59 Å². The Morgan fingerprint density at radius 2 is 1.96 bits per heavy atom. The molecule has 1 aromatic carbocycles. The van der Waals surface area contributed by atoms with Gasteiger partial charge < -0.3 is 15.5 Å². The van der Waals surface area contributed by atoms with Crippen molar-refractivity contribution in [3.8, 4) is 0 Å². The molecule has 3 heterocycles. The lowest BCUT2D eigenvalue weighted by Gasteiger charge is -2.30. The average Bonchev–Trinajstić information content (AvgIpc) is 3.23. The lowest BCUT2D eigenvalue weighted by atomic mass is 9.96. The van der Waals surface area contributed by atoms with Crippen LogP contribution in [0.5, 0.6) is 0 Å². The first kappa shape index (κ1) is 18.5. The highest BCUT2D eigenvalue weighted by Crippen LogP contribution is 2.34. The molecule has 0 saturated carbocycles. The molecule has 4 unspecified atom stereocenters. The molecule has 0 radical (unpaired) electrons. The predicted molar refractivity (Wildman–Crippen MR) is 107 cm³/mol. The van der Waals surface area contributed by atoms with Crippen molar-refractivity contribution in [2.45, 2.75) is 76.4 Å². The van der Waals surface area contributed by atoms with Gasteiger partial charge in [-0.3, -0.25) is 9.59 Å². The van der Waals surface area contributed by atoms with Crippen molar-refractivity contribution in [2.24, 2.45) is 5.92 Å². The number of anilines is 1. The summed E-state index contributed by atoms with van der Waals surface area (Å²) in [5, 5.41) is 6.85. The number of amides is 2. The minimum absolute atomic E-state index is 0.0539. The fourth-order valence-corrected chi connectivity index (χ4v) is 4.98. The molecule has 3 saturated heterocycles. The van der Waals surface area contributed by atoms with E-state index in [-0.39, 0.29) is 23.8 Å². The van der Waals surface area contributed by atoms with Crippen molar-refractivity contribution in [2.75, 3.05) is 11.4 Å². The zero-order chi connectivity index (χ0) is 19.0. The number of hydrogen-bond donors (Lipinski definition) is 2. The number of fused-ring (bicyclic) bond motifs is 2. The quantitative estimate of drug-likeness (QED) is 0.839. The number of para-hydroxylation sites is 1. The molecule has 146 valence electrons. The Morgan fingerprint density at radius 3 is 2.67 bits per heavy atom. The van der Waals surface area contributed by atoms with Gasteiger partial charge in [-0.2, -0.15) is 0 Å². The van der Waals surface area contributed by atoms with E-state index in [9.17, 15) is 9.59 Å². The molecule has 3 aliphatic rings. The number of nitrogens with one attached hydrogen (secondary N) is 2. The van der Waals surface area contributed by atoms with Crippen LogP contribution >= 0.6 is 0 Å². The number of carbonyl (C=O) groups is 2. The monoisotopic (exact) mass is 369 g/mol. The average molecular weight is 370 g/mol. The highest BCUT2D eigenvalue weighted by Gasteiger charge is 2.39. The summed E-state index contributed by atoms with van der Waals surface area (Å²) in [7, 11) is 0. The summed E-state index contributed by atoms with van der Waals surface area (Å²) in [5.41, 5.74) is 2.18. The molecule has 5 heteroatoms. The largest absolute Gasteiger partial charge is 0.353 e. The predicted octanol–water partition coefficient (Wildman–Crippen LogP) is 2.95. The van der Waals surface area contributed by atoms with Crippen molar-refractivity contribution in [1.82, 2.24) is 10.6 Å². The van der Waals surface area contributed by atoms with Crippen LogP contribution in [0.25, 0.3) is 0 Å². The molecule has 4 atom stereocenters. The molecule has 1 aromatic rings. The molecule has 0 aliphatic carbocycles. The minimum Gasteiger partial charge on any atom is -0.353 e. The van der Waals surface area contributed by atoms with E-state index < -0.39 is 0 Å². The Morgan fingerprint density at radius 1 is 1.26 bits per heavy atom. The molecule has 3 fully saturated rings. The number of carbonyl (C=O) groups excluding carboxylic acids is 2. The summed E-state index contributed by atoms with van der Waals surface area (Å²) in [4.78, 5) is 27.4. The van der Waals surface area contributed by atoms with E-state index in [1.807, 2.05) is 23.1 Å². The van der Waals surface area contributed by atoms with E-state index in [1.54, 1.807) is 0 Å². The van der Waals surface area contributed by atoms with Gasteiger partial charge in [0.1, 0.15) is 0 Å². The normalized spacial score (nSPS) is 31.2. The Bertz CT molecular complexity index is 707. The molecule has 3 aliphatic heterocycles. The van der Waals surface area contributed by atoms with Gasteiger partial charge in [-0.25, -0.2) is 0 Å². The number of piperidine rings is 1. The first-order valence-corrected chi connectivity index (χ1v) is 10.5. The van der Waals surface area contributed by atoms with E-state index in [4.69, 9.17) is 0 Å². The Hall–Kier alpha value is -1.88. The maximum Gasteiger partial charge on any atom is 0.227 e. The fourth-order valence-electron chi connectivity index (χ4n) is 4.98. The lowest BCUT2D eigenvalue weighted by molar-refractivity contribution is -0.127. The summed E-state index contributed by atoms with van der Waals surface area (Å²) in [5.74, 6) is 0.275. The smallest absolute Gasteiger partial charge is 0.227 e. The number of rotatable bonds is 5. The van der Waals surface area contributed by atoms with Crippen molar-refractivity contribution in [3.63, 3.8) is 0 Å². The van der Waals surface area contributed by atoms with Gasteiger partial charge in [0.25, 0.3) is 0 Å².